The molecule has 15 heavy (non-hydrogen) atoms. The minimum atomic E-state index is -0.0684. The lowest BCUT2D eigenvalue weighted by atomic mass is 9.98. The van der Waals surface area contributed by atoms with Crippen molar-refractivity contribution in [2.45, 2.75) is 12.5 Å². The van der Waals surface area contributed by atoms with E-state index in [0.29, 0.717) is 6.42 Å². The second-order valence-electron chi connectivity index (χ2n) is 3.58. The monoisotopic (exact) mass is 195 g/mol. The zero-order valence-corrected chi connectivity index (χ0v) is 8.48. The molecule has 2 aromatic carbocycles. The molecule has 1 nitrogen and oxygen atoms in total. The number of rotatable bonds is 2. The van der Waals surface area contributed by atoms with Crippen LogP contribution in [-0.4, -0.2) is 0 Å². The zero-order chi connectivity index (χ0) is 10.7. The largest absolute Gasteiger partial charge is 0.323 e. The van der Waals surface area contributed by atoms with E-state index < -0.39 is 0 Å². The van der Waals surface area contributed by atoms with E-state index in [1.165, 1.54) is 10.8 Å². The van der Waals surface area contributed by atoms with Crippen molar-refractivity contribution in [2.75, 3.05) is 0 Å². The highest BCUT2D eigenvalue weighted by atomic mass is 14.6. The Labute approximate surface area is 89.9 Å². The fraction of sp³-hybridized carbons (Fsp3) is 0.143. The lowest BCUT2D eigenvalue weighted by Crippen LogP contribution is -2.09. The predicted octanol–water partition coefficient (Wildman–Crippen LogP) is 2.86. The van der Waals surface area contributed by atoms with E-state index >= 15 is 0 Å². The summed E-state index contributed by atoms with van der Waals surface area (Å²) in [5.74, 6) is 2.61. The van der Waals surface area contributed by atoms with Gasteiger partial charge in [-0.05, 0) is 16.3 Å². The number of hydrogen-bond donors (Lipinski definition) is 1. The van der Waals surface area contributed by atoms with Gasteiger partial charge >= 0.3 is 0 Å². The summed E-state index contributed by atoms with van der Waals surface area (Å²) in [5.41, 5.74) is 7.16. The average Bonchev–Trinajstić information content (AvgIpc) is 2.28. The number of terminal acetylenes is 1. The Hall–Kier alpha value is -1.78. The van der Waals surface area contributed by atoms with Crippen molar-refractivity contribution in [1.82, 2.24) is 0 Å². The molecule has 74 valence electrons. The Morgan fingerprint density at radius 1 is 1.13 bits per heavy atom. The first kappa shape index (κ1) is 9.76. The third kappa shape index (κ3) is 1.86. The molecular weight excluding hydrogens is 182 g/mol. The highest BCUT2D eigenvalue weighted by Gasteiger charge is 2.07. The molecule has 1 unspecified atom stereocenters. The lowest BCUT2D eigenvalue weighted by Gasteiger charge is -2.11. The van der Waals surface area contributed by atoms with Crippen molar-refractivity contribution in [1.29, 1.82) is 0 Å². The standard InChI is InChI=1S/C14H13N/c1-2-6-14(15)13-10-5-8-11-7-3-4-9-12(11)13/h1,3-5,7-10,14H,6,15H2. The Bertz CT molecular complexity index is 503. The van der Waals surface area contributed by atoms with E-state index in [4.69, 9.17) is 12.2 Å². The molecular formula is C14H13N. The van der Waals surface area contributed by atoms with Gasteiger partial charge in [0, 0.05) is 12.5 Å². The Morgan fingerprint density at radius 2 is 1.87 bits per heavy atom. The van der Waals surface area contributed by atoms with Crippen molar-refractivity contribution in [2.24, 2.45) is 5.73 Å². The van der Waals surface area contributed by atoms with Crippen LogP contribution in [0.5, 0.6) is 0 Å². The highest BCUT2D eigenvalue weighted by Crippen LogP contribution is 2.24. The summed E-state index contributed by atoms with van der Waals surface area (Å²) in [6.07, 6.45) is 5.86. The lowest BCUT2D eigenvalue weighted by molar-refractivity contribution is 0.761. The molecule has 0 aliphatic carbocycles. The summed E-state index contributed by atoms with van der Waals surface area (Å²) in [7, 11) is 0. The van der Waals surface area contributed by atoms with Gasteiger partial charge in [0.05, 0.1) is 0 Å². The first-order chi connectivity index (χ1) is 7.33. The van der Waals surface area contributed by atoms with Crippen molar-refractivity contribution in [3.63, 3.8) is 0 Å². The molecule has 2 rings (SSSR count). The molecule has 0 radical (unpaired) electrons. The second-order valence-corrected chi connectivity index (χ2v) is 3.58. The zero-order valence-electron chi connectivity index (χ0n) is 8.48. The maximum absolute atomic E-state index is 6.03. The van der Waals surface area contributed by atoms with Gasteiger partial charge in [-0.3, -0.25) is 0 Å². The van der Waals surface area contributed by atoms with Gasteiger partial charge in [-0.1, -0.05) is 42.5 Å². The maximum atomic E-state index is 6.03. The summed E-state index contributed by atoms with van der Waals surface area (Å²) >= 11 is 0. The van der Waals surface area contributed by atoms with Crippen LogP contribution >= 0.6 is 0 Å². The molecule has 0 saturated heterocycles. The molecule has 1 atom stereocenters. The molecule has 1 heteroatoms. The molecule has 0 spiro atoms. The molecule has 0 aromatic heterocycles. The van der Waals surface area contributed by atoms with Crippen LogP contribution in [0.1, 0.15) is 18.0 Å². The van der Waals surface area contributed by atoms with Gasteiger partial charge in [-0.15, -0.1) is 12.3 Å². The van der Waals surface area contributed by atoms with Crippen LogP contribution in [0.2, 0.25) is 0 Å². The average molecular weight is 195 g/mol. The van der Waals surface area contributed by atoms with Gasteiger partial charge in [0.1, 0.15) is 0 Å². The van der Waals surface area contributed by atoms with E-state index in [-0.39, 0.29) is 6.04 Å². The minimum absolute atomic E-state index is 0.0684. The van der Waals surface area contributed by atoms with Crippen LogP contribution < -0.4 is 5.73 Å². The van der Waals surface area contributed by atoms with Crippen molar-refractivity contribution in [3.05, 3.63) is 48.0 Å². The minimum Gasteiger partial charge on any atom is -0.323 e. The van der Waals surface area contributed by atoms with Gasteiger partial charge < -0.3 is 5.73 Å². The van der Waals surface area contributed by atoms with E-state index in [1.807, 2.05) is 24.3 Å². The number of hydrogen-bond acceptors (Lipinski definition) is 1. The molecule has 0 aliphatic heterocycles. The first-order valence-electron chi connectivity index (χ1n) is 4.99. The van der Waals surface area contributed by atoms with Crippen molar-refractivity contribution in [3.8, 4) is 12.3 Å². The SMILES string of the molecule is C#CCC(N)c1cccc2ccccc12. The van der Waals surface area contributed by atoms with Gasteiger partial charge in [-0.25, -0.2) is 0 Å². The Balaban J connectivity index is 2.56. The quantitative estimate of drug-likeness (QED) is 0.733. The molecule has 2 N–H and O–H groups in total. The van der Waals surface area contributed by atoms with Crippen molar-refractivity contribution < 1.29 is 0 Å². The van der Waals surface area contributed by atoms with Crippen LogP contribution in [0, 0.1) is 12.3 Å². The summed E-state index contributed by atoms with van der Waals surface area (Å²) in [6, 6.07) is 14.3. The molecule has 0 fully saturated rings. The summed E-state index contributed by atoms with van der Waals surface area (Å²) in [6.45, 7) is 0. The Morgan fingerprint density at radius 3 is 2.67 bits per heavy atom. The molecule has 0 bridgehead atoms. The van der Waals surface area contributed by atoms with Gasteiger partial charge in [0.2, 0.25) is 0 Å². The smallest absolute Gasteiger partial charge is 0.0411 e. The van der Waals surface area contributed by atoms with E-state index in [0.717, 1.165) is 5.56 Å². The van der Waals surface area contributed by atoms with Gasteiger partial charge in [-0.2, -0.15) is 0 Å². The number of fused-ring (bicyclic) bond motifs is 1. The summed E-state index contributed by atoms with van der Waals surface area (Å²) in [5, 5.41) is 2.41. The Kier molecular flexibility index (Phi) is 2.71. The van der Waals surface area contributed by atoms with Crippen LogP contribution in [0.15, 0.2) is 42.5 Å². The molecule has 0 aliphatic rings. The fourth-order valence-corrected chi connectivity index (χ4v) is 1.81. The fourth-order valence-electron chi connectivity index (χ4n) is 1.81. The van der Waals surface area contributed by atoms with E-state index in [2.05, 4.69) is 24.1 Å². The van der Waals surface area contributed by atoms with E-state index in [9.17, 15) is 0 Å². The third-order valence-electron chi connectivity index (χ3n) is 2.56. The van der Waals surface area contributed by atoms with Crippen LogP contribution in [0.25, 0.3) is 10.8 Å². The summed E-state index contributed by atoms with van der Waals surface area (Å²) < 4.78 is 0. The predicted molar refractivity (Wildman–Crippen MR) is 64.3 cm³/mol. The number of nitrogens with two attached hydrogens (primary N) is 1. The molecule has 0 amide bonds. The van der Waals surface area contributed by atoms with Crippen LogP contribution in [0.3, 0.4) is 0 Å². The van der Waals surface area contributed by atoms with Gasteiger partial charge in [0.25, 0.3) is 0 Å². The first-order valence-corrected chi connectivity index (χ1v) is 4.99. The second kappa shape index (κ2) is 4.16. The van der Waals surface area contributed by atoms with Crippen LogP contribution in [0.4, 0.5) is 0 Å². The number of benzene rings is 2. The summed E-state index contributed by atoms with van der Waals surface area (Å²) in [4.78, 5) is 0. The maximum Gasteiger partial charge on any atom is 0.0411 e. The normalized spacial score (nSPS) is 12.3. The topological polar surface area (TPSA) is 26.0 Å². The van der Waals surface area contributed by atoms with Crippen LogP contribution in [-0.2, 0) is 0 Å². The van der Waals surface area contributed by atoms with Gasteiger partial charge in [0.15, 0.2) is 0 Å². The molecule has 0 saturated carbocycles. The van der Waals surface area contributed by atoms with E-state index in [1.54, 1.807) is 0 Å². The third-order valence-corrected chi connectivity index (χ3v) is 2.56. The van der Waals surface area contributed by atoms with Crippen molar-refractivity contribution >= 4 is 10.8 Å². The molecule has 0 heterocycles. The highest BCUT2D eigenvalue weighted by molar-refractivity contribution is 5.86. The molecule has 2 aromatic rings.